The molecule has 5 rings (SSSR count). The zero-order chi connectivity index (χ0) is 18.2. The Morgan fingerprint density at radius 3 is 2.74 bits per heavy atom. The molecule has 0 atom stereocenters. The average molecular weight is 375 g/mol. The minimum Gasteiger partial charge on any atom is -0.440 e. The number of aromatic nitrogens is 5. The van der Waals surface area contributed by atoms with Crippen LogP contribution in [0.5, 0.6) is 0 Å². The Hall–Kier alpha value is -3.39. The number of hydrogen-bond donors (Lipinski definition) is 1. The monoisotopic (exact) mass is 375 g/mol. The molecular weight excluding hydrogens is 362 g/mol. The Balaban J connectivity index is 1.55. The van der Waals surface area contributed by atoms with Crippen LogP contribution in [0, 0.1) is 0 Å². The Labute approximate surface area is 157 Å². The molecule has 7 nitrogen and oxygen atoms in total. The van der Waals surface area contributed by atoms with Gasteiger partial charge in [-0.2, -0.15) is 5.10 Å². The van der Waals surface area contributed by atoms with Gasteiger partial charge in [0.15, 0.2) is 11.2 Å². The van der Waals surface area contributed by atoms with Crippen molar-refractivity contribution in [3.63, 3.8) is 0 Å². The number of oxazole rings is 1. The van der Waals surface area contributed by atoms with Gasteiger partial charge in [0.05, 0.1) is 17.8 Å². The largest absolute Gasteiger partial charge is 0.440 e. The molecule has 0 fully saturated rings. The van der Waals surface area contributed by atoms with Crippen LogP contribution in [-0.4, -0.2) is 24.7 Å². The Bertz CT molecular complexity index is 1270. The second kappa shape index (κ2) is 6.40. The minimum atomic E-state index is -0.220. The van der Waals surface area contributed by atoms with Gasteiger partial charge in [-0.25, -0.2) is 14.6 Å². The smallest absolute Gasteiger partial charge is 0.263 e. The van der Waals surface area contributed by atoms with E-state index in [0.717, 1.165) is 16.8 Å². The number of benzene rings is 2. The van der Waals surface area contributed by atoms with Gasteiger partial charge in [-0.05, 0) is 24.3 Å². The van der Waals surface area contributed by atoms with E-state index in [4.69, 9.17) is 4.42 Å². The lowest BCUT2D eigenvalue weighted by molar-refractivity contribution is 0.556. The van der Waals surface area contributed by atoms with Crippen molar-refractivity contribution in [1.82, 2.24) is 24.7 Å². The number of nitrogens with one attached hydrogen (secondary N) is 1. The summed E-state index contributed by atoms with van der Waals surface area (Å²) in [4.78, 5) is 23.8. The summed E-state index contributed by atoms with van der Waals surface area (Å²) in [5.41, 5.74) is 2.70. The summed E-state index contributed by atoms with van der Waals surface area (Å²) >= 11 is 1.40. The third-order valence-electron chi connectivity index (χ3n) is 4.11. The van der Waals surface area contributed by atoms with Gasteiger partial charge in [0.25, 0.3) is 5.56 Å². The first-order valence-corrected chi connectivity index (χ1v) is 9.27. The van der Waals surface area contributed by atoms with Crippen molar-refractivity contribution < 1.29 is 4.42 Å². The summed E-state index contributed by atoms with van der Waals surface area (Å²) in [6.45, 7) is 0. The molecule has 132 valence electrons. The van der Waals surface area contributed by atoms with Crippen molar-refractivity contribution in [1.29, 1.82) is 0 Å². The maximum absolute atomic E-state index is 12.4. The zero-order valence-electron chi connectivity index (χ0n) is 14.0. The van der Waals surface area contributed by atoms with Gasteiger partial charge in [0, 0.05) is 0 Å². The fourth-order valence-electron chi connectivity index (χ4n) is 2.89. The molecule has 0 aliphatic heterocycles. The fraction of sp³-hybridized carbons (Fsp3) is 0.0526. The minimum absolute atomic E-state index is 0.220. The van der Waals surface area contributed by atoms with Gasteiger partial charge < -0.3 is 9.40 Å². The van der Waals surface area contributed by atoms with Crippen molar-refractivity contribution >= 4 is 33.9 Å². The predicted octanol–water partition coefficient (Wildman–Crippen LogP) is 3.54. The molecule has 3 heterocycles. The lowest BCUT2D eigenvalue weighted by Gasteiger charge is -2.00. The van der Waals surface area contributed by atoms with Gasteiger partial charge >= 0.3 is 0 Å². The molecular formula is C19H13N5O2S. The first-order valence-electron chi connectivity index (χ1n) is 8.29. The van der Waals surface area contributed by atoms with Crippen molar-refractivity contribution in [3.8, 4) is 5.69 Å². The number of aromatic amines is 1. The third-order valence-corrected chi connectivity index (χ3v) is 5.06. The molecule has 0 aliphatic rings. The van der Waals surface area contributed by atoms with Crippen molar-refractivity contribution in [2.24, 2.45) is 0 Å². The Kier molecular flexibility index (Phi) is 3.75. The summed E-state index contributed by atoms with van der Waals surface area (Å²) in [6, 6.07) is 17.2. The van der Waals surface area contributed by atoms with E-state index in [1.54, 1.807) is 4.68 Å². The van der Waals surface area contributed by atoms with Crippen LogP contribution in [0.25, 0.3) is 27.8 Å². The first kappa shape index (κ1) is 15.8. The van der Waals surface area contributed by atoms with E-state index < -0.39 is 0 Å². The van der Waals surface area contributed by atoms with Crippen LogP contribution >= 0.6 is 11.8 Å². The Morgan fingerprint density at radius 1 is 1.07 bits per heavy atom. The number of H-pyrrole nitrogens is 1. The quantitative estimate of drug-likeness (QED) is 0.483. The summed E-state index contributed by atoms with van der Waals surface area (Å²) < 4.78 is 7.43. The standard InChI is InChI=1S/C19H13N5O2S/c25-18-16-17(20-11-21-18)24(12-6-2-1-3-7-12)23-19(16)27-10-15-22-13-8-4-5-9-14(13)26-15/h1-9,11H,10H2,(H,20,21,25). The lowest BCUT2D eigenvalue weighted by atomic mass is 10.3. The van der Waals surface area contributed by atoms with Crippen LogP contribution in [0.1, 0.15) is 5.89 Å². The molecule has 0 aliphatic carbocycles. The van der Waals surface area contributed by atoms with Crippen LogP contribution in [0.2, 0.25) is 0 Å². The van der Waals surface area contributed by atoms with E-state index in [2.05, 4.69) is 20.1 Å². The van der Waals surface area contributed by atoms with Crippen LogP contribution in [-0.2, 0) is 5.75 Å². The van der Waals surface area contributed by atoms with E-state index in [0.29, 0.717) is 27.7 Å². The molecule has 2 aromatic carbocycles. The number of thioether (sulfide) groups is 1. The highest BCUT2D eigenvalue weighted by atomic mass is 32.2. The topological polar surface area (TPSA) is 89.6 Å². The molecule has 1 N–H and O–H groups in total. The number of rotatable bonds is 4. The third kappa shape index (κ3) is 2.80. The van der Waals surface area contributed by atoms with Gasteiger partial charge in [-0.1, -0.05) is 42.1 Å². The van der Waals surface area contributed by atoms with Gasteiger partial charge in [-0.15, -0.1) is 0 Å². The maximum Gasteiger partial charge on any atom is 0.263 e. The van der Waals surface area contributed by atoms with E-state index in [1.807, 2.05) is 54.6 Å². The highest BCUT2D eigenvalue weighted by molar-refractivity contribution is 7.98. The number of nitrogens with zero attached hydrogens (tertiary/aromatic N) is 4. The Morgan fingerprint density at radius 2 is 1.89 bits per heavy atom. The highest BCUT2D eigenvalue weighted by Gasteiger charge is 2.17. The molecule has 5 aromatic rings. The molecule has 3 aromatic heterocycles. The predicted molar refractivity (Wildman–Crippen MR) is 103 cm³/mol. The first-order chi connectivity index (χ1) is 13.3. The molecule has 0 unspecified atom stereocenters. The van der Waals surface area contributed by atoms with Crippen molar-refractivity contribution in [2.75, 3.05) is 0 Å². The summed E-state index contributed by atoms with van der Waals surface area (Å²) in [5.74, 6) is 1.05. The maximum atomic E-state index is 12.4. The zero-order valence-corrected chi connectivity index (χ0v) is 14.8. The van der Waals surface area contributed by atoms with Gasteiger partial charge in [0.1, 0.15) is 15.9 Å². The van der Waals surface area contributed by atoms with E-state index in [9.17, 15) is 4.79 Å². The number of para-hydroxylation sites is 3. The fourth-order valence-corrected chi connectivity index (χ4v) is 3.75. The summed E-state index contributed by atoms with van der Waals surface area (Å²) in [6.07, 6.45) is 1.39. The molecule has 27 heavy (non-hydrogen) atoms. The van der Waals surface area contributed by atoms with Crippen LogP contribution < -0.4 is 5.56 Å². The lowest BCUT2D eigenvalue weighted by Crippen LogP contribution is -2.07. The second-order valence-electron chi connectivity index (χ2n) is 5.85. The van der Waals surface area contributed by atoms with E-state index in [-0.39, 0.29) is 5.56 Å². The molecule has 0 saturated heterocycles. The highest BCUT2D eigenvalue weighted by Crippen LogP contribution is 2.29. The molecule has 0 bridgehead atoms. The van der Waals surface area contributed by atoms with Crippen molar-refractivity contribution in [3.05, 3.63) is 77.2 Å². The molecule has 0 spiro atoms. The van der Waals surface area contributed by atoms with Crippen molar-refractivity contribution in [2.45, 2.75) is 10.8 Å². The molecule has 0 saturated carbocycles. The van der Waals surface area contributed by atoms with Crippen LogP contribution in [0.4, 0.5) is 0 Å². The molecule has 0 radical (unpaired) electrons. The normalized spacial score (nSPS) is 11.4. The van der Waals surface area contributed by atoms with Crippen LogP contribution in [0.3, 0.4) is 0 Å². The number of fused-ring (bicyclic) bond motifs is 2. The molecule has 0 amide bonds. The summed E-state index contributed by atoms with van der Waals surface area (Å²) in [7, 11) is 0. The van der Waals surface area contributed by atoms with Gasteiger partial charge in [-0.3, -0.25) is 4.79 Å². The number of hydrogen-bond acceptors (Lipinski definition) is 6. The average Bonchev–Trinajstić information content (AvgIpc) is 3.29. The van der Waals surface area contributed by atoms with Crippen LogP contribution in [0.15, 0.2) is 75.2 Å². The molecule has 8 heteroatoms. The van der Waals surface area contributed by atoms with E-state index in [1.165, 1.54) is 18.1 Å². The SMILES string of the molecule is O=c1[nH]cnc2c1c(SCc1nc3ccccc3o1)nn2-c1ccccc1. The van der Waals surface area contributed by atoms with Gasteiger partial charge in [0.2, 0.25) is 5.89 Å². The second-order valence-corrected chi connectivity index (χ2v) is 6.81. The van der Waals surface area contributed by atoms with E-state index >= 15 is 0 Å². The summed E-state index contributed by atoms with van der Waals surface area (Å²) in [5, 5.41) is 5.67.